The zero-order chi connectivity index (χ0) is 14.8. The Morgan fingerprint density at radius 3 is 2.85 bits per heavy atom. The molecule has 7 heteroatoms. The molecule has 2 amide bonds. The minimum absolute atomic E-state index is 0.00581. The topological polar surface area (TPSA) is 70.6 Å². The van der Waals surface area contributed by atoms with Gasteiger partial charge in [0.25, 0.3) is 0 Å². The van der Waals surface area contributed by atoms with E-state index in [1.54, 1.807) is 6.07 Å². The summed E-state index contributed by atoms with van der Waals surface area (Å²) in [5.74, 6) is -0.484. The van der Waals surface area contributed by atoms with Crippen LogP contribution in [0.25, 0.3) is 0 Å². The molecule has 0 saturated carbocycles. The van der Waals surface area contributed by atoms with E-state index >= 15 is 0 Å². The number of aliphatic hydroxyl groups is 1. The van der Waals surface area contributed by atoms with Crippen molar-refractivity contribution >= 4 is 17.6 Å². The molecule has 0 fully saturated rings. The van der Waals surface area contributed by atoms with Crippen LogP contribution in [0.15, 0.2) is 18.2 Å². The summed E-state index contributed by atoms with van der Waals surface area (Å²) < 4.78 is 18.0. The highest BCUT2D eigenvalue weighted by Gasteiger charge is 2.03. The van der Waals surface area contributed by atoms with Crippen molar-refractivity contribution in [3.05, 3.63) is 34.6 Å². The number of ether oxygens (including phenoxy) is 1. The first-order chi connectivity index (χ1) is 9.63. The molecule has 1 rings (SSSR count). The van der Waals surface area contributed by atoms with E-state index in [-0.39, 0.29) is 24.2 Å². The molecule has 0 radical (unpaired) electrons. The van der Waals surface area contributed by atoms with Crippen LogP contribution in [0.3, 0.4) is 0 Å². The van der Waals surface area contributed by atoms with E-state index in [1.807, 2.05) is 0 Å². The Bertz CT molecular complexity index is 432. The minimum Gasteiger partial charge on any atom is -0.394 e. The average molecular weight is 305 g/mol. The molecule has 0 bridgehead atoms. The number of benzene rings is 1. The van der Waals surface area contributed by atoms with Gasteiger partial charge in [0.15, 0.2) is 0 Å². The number of rotatable bonds is 8. The Morgan fingerprint density at radius 1 is 1.35 bits per heavy atom. The zero-order valence-electron chi connectivity index (χ0n) is 11.0. The molecule has 3 N–H and O–H groups in total. The van der Waals surface area contributed by atoms with E-state index in [9.17, 15) is 9.18 Å². The van der Waals surface area contributed by atoms with Crippen LogP contribution in [-0.4, -0.2) is 37.5 Å². The van der Waals surface area contributed by atoms with Crippen molar-refractivity contribution < 1.29 is 19.0 Å². The van der Waals surface area contributed by atoms with Gasteiger partial charge in [-0.2, -0.15) is 0 Å². The largest absolute Gasteiger partial charge is 0.394 e. The summed E-state index contributed by atoms with van der Waals surface area (Å²) in [4.78, 5) is 11.4. The fourth-order valence-corrected chi connectivity index (χ4v) is 1.64. The van der Waals surface area contributed by atoms with E-state index in [2.05, 4.69) is 10.6 Å². The molecule has 0 unspecified atom stereocenters. The van der Waals surface area contributed by atoms with Gasteiger partial charge >= 0.3 is 6.03 Å². The van der Waals surface area contributed by atoms with Crippen molar-refractivity contribution in [2.24, 2.45) is 0 Å². The molecule has 0 heterocycles. The van der Waals surface area contributed by atoms with Crippen molar-refractivity contribution in [2.45, 2.75) is 13.0 Å². The predicted octanol–water partition coefficient (Wildman–Crippen LogP) is 1.68. The maximum Gasteiger partial charge on any atom is 0.315 e. The highest BCUT2D eigenvalue weighted by Crippen LogP contribution is 2.15. The summed E-state index contributed by atoms with van der Waals surface area (Å²) in [7, 11) is 0. The number of halogens is 2. The molecule has 20 heavy (non-hydrogen) atoms. The van der Waals surface area contributed by atoms with Crippen molar-refractivity contribution in [3.8, 4) is 0 Å². The Hall–Kier alpha value is -1.37. The van der Waals surface area contributed by atoms with Gasteiger partial charge in [-0.25, -0.2) is 9.18 Å². The number of nitrogens with one attached hydrogen (secondary N) is 2. The summed E-state index contributed by atoms with van der Waals surface area (Å²) in [6.07, 6.45) is 0.662. The van der Waals surface area contributed by atoms with Crippen molar-refractivity contribution in [3.63, 3.8) is 0 Å². The lowest BCUT2D eigenvalue weighted by molar-refractivity contribution is 0.0910. The maximum atomic E-state index is 12.9. The second-order valence-electron chi connectivity index (χ2n) is 4.05. The van der Waals surface area contributed by atoms with Crippen molar-refractivity contribution in [1.29, 1.82) is 0 Å². The summed E-state index contributed by atoms with van der Waals surface area (Å²) >= 11 is 5.64. The minimum atomic E-state index is -0.484. The summed E-state index contributed by atoms with van der Waals surface area (Å²) in [6, 6.07) is 3.98. The Labute approximate surface area is 122 Å². The third-order valence-corrected chi connectivity index (χ3v) is 2.71. The molecular formula is C13H18ClFN2O3. The number of urea groups is 1. The fraction of sp³-hybridized carbons (Fsp3) is 0.462. The van der Waals surface area contributed by atoms with Crippen LogP contribution in [0.1, 0.15) is 12.0 Å². The first-order valence-electron chi connectivity index (χ1n) is 6.27. The smallest absolute Gasteiger partial charge is 0.315 e. The molecule has 0 aliphatic rings. The third kappa shape index (κ3) is 6.70. The van der Waals surface area contributed by atoms with E-state index in [0.29, 0.717) is 26.2 Å². The molecule has 0 aliphatic heterocycles. The Balaban J connectivity index is 2.15. The standard InChI is InChI=1S/C13H18ClFN2O3/c14-11-8-10(2-3-12(11)15)9-17-13(19)16-4-1-6-20-7-5-18/h2-3,8,18H,1,4-7,9H2,(H2,16,17,19). The lowest BCUT2D eigenvalue weighted by Gasteiger charge is -2.08. The molecule has 0 saturated heterocycles. The van der Waals surface area contributed by atoms with Crippen molar-refractivity contribution in [1.82, 2.24) is 10.6 Å². The van der Waals surface area contributed by atoms with Crippen LogP contribution >= 0.6 is 11.6 Å². The SMILES string of the molecule is O=C(NCCCOCCO)NCc1ccc(F)c(Cl)c1. The van der Waals surface area contributed by atoms with E-state index in [0.717, 1.165) is 5.56 Å². The summed E-state index contributed by atoms with van der Waals surface area (Å²) in [5, 5.41) is 13.8. The van der Waals surface area contributed by atoms with E-state index < -0.39 is 5.82 Å². The quantitative estimate of drug-likeness (QED) is 0.640. The van der Waals surface area contributed by atoms with Gasteiger partial charge in [0.2, 0.25) is 0 Å². The van der Waals surface area contributed by atoms with Crippen molar-refractivity contribution in [2.75, 3.05) is 26.4 Å². The molecule has 1 aromatic carbocycles. The number of carbonyl (C=O) groups excluding carboxylic acids is 1. The Morgan fingerprint density at radius 2 is 2.15 bits per heavy atom. The van der Waals surface area contributed by atoms with Crippen LogP contribution in [-0.2, 0) is 11.3 Å². The first kappa shape index (κ1) is 16.7. The second-order valence-corrected chi connectivity index (χ2v) is 4.45. The number of hydrogen-bond donors (Lipinski definition) is 3. The molecule has 5 nitrogen and oxygen atoms in total. The number of amides is 2. The van der Waals surface area contributed by atoms with Gasteiger partial charge in [0, 0.05) is 19.7 Å². The third-order valence-electron chi connectivity index (χ3n) is 2.42. The zero-order valence-corrected chi connectivity index (χ0v) is 11.8. The van der Waals surface area contributed by atoms with Gasteiger partial charge in [-0.05, 0) is 24.1 Å². The van der Waals surface area contributed by atoms with Crippen LogP contribution in [0.5, 0.6) is 0 Å². The Kier molecular flexibility index (Phi) is 7.94. The summed E-state index contributed by atoms with van der Waals surface area (Å²) in [5.41, 5.74) is 0.720. The van der Waals surface area contributed by atoms with Gasteiger partial charge in [0.1, 0.15) is 5.82 Å². The molecule has 0 spiro atoms. The number of carbonyl (C=O) groups is 1. The molecule has 0 atom stereocenters. The lowest BCUT2D eigenvalue weighted by Crippen LogP contribution is -2.35. The van der Waals surface area contributed by atoms with Crippen LogP contribution in [0, 0.1) is 5.82 Å². The molecule has 0 aliphatic carbocycles. The van der Waals surface area contributed by atoms with E-state index in [1.165, 1.54) is 12.1 Å². The highest BCUT2D eigenvalue weighted by molar-refractivity contribution is 6.30. The number of hydrogen-bond acceptors (Lipinski definition) is 3. The van der Waals surface area contributed by atoms with Gasteiger partial charge in [0.05, 0.1) is 18.2 Å². The van der Waals surface area contributed by atoms with Gasteiger partial charge < -0.3 is 20.5 Å². The highest BCUT2D eigenvalue weighted by atomic mass is 35.5. The first-order valence-corrected chi connectivity index (χ1v) is 6.65. The molecule has 112 valence electrons. The van der Waals surface area contributed by atoms with Crippen LogP contribution < -0.4 is 10.6 Å². The maximum absolute atomic E-state index is 12.9. The van der Waals surface area contributed by atoms with Crippen LogP contribution in [0.2, 0.25) is 5.02 Å². The van der Waals surface area contributed by atoms with Gasteiger partial charge in [-0.15, -0.1) is 0 Å². The molecule has 1 aromatic rings. The van der Waals surface area contributed by atoms with Crippen LogP contribution in [0.4, 0.5) is 9.18 Å². The molecule has 0 aromatic heterocycles. The average Bonchev–Trinajstić information content (AvgIpc) is 2.44. The van der Waals surface area contributed by atoms with E-state index in [4.69, 9.17) is 21.4 Å². The predicted molar refractivity (Wildman–Crippen MR) is 74.2 cm³/mol. The molecular weight excluding hydrogens is 287 g/mol. The normalized spacial score (nSPS) is 10.3. The fourth-order valence-electron chi connectivity index (χ4n) is 1.44. The van der Waals surface area contributed by atoms with Gasteiger partial charge in [-0.3, -0.25) is 0 Å². The second kappa shape index (κ2) is 9.52. The van der Waals surface area contributed by atoms with Gasteiger partial charge in [-0.1, -0.05) is 17.7 Å². The summed E-state index contributed by atoms with van der Waals surface area (Å²) in [6.45, 7) is 1.52. The number of aliphatic hydroxyl groups excluding tert-OH is 1. The lowest BCUT2D eigenvalue weighted by atomic mass is 10.2. The monoisotopic (exact) mass is 304 g/mol.